The number of carbonyl (C=O) groups excluding carboxylic acids is 1. The molecule has 0 aliphatic carbocycles. The van der Waals surface area contributed by atoms with Crippen LogP contribution in [0.1, 0.15) is 11.1 Å². The number of sulfonamides is 1. The van der Waals surface area contributed by atoms with E-state index in [1.807, 2.05) is 26.0 Å². The molecule has 120 valence electrons. The lowest BCUT2D eigenvalue weighted by atomic mass is 10.1. The highest BCUT2D eigenvalue weighted by atomic mass is 32.2. The summed E-state index contributed by atoms with van der Waals surface area (Å²) in [6.45, 7) is 4.07. The predicted molar refractivity (Wildman–Crippen MR) is 86.7 cm³/mol. The zero-order valence-corrected chi connectivity index (χ0v) is 13.6. The third-order valence-electron chi connectivity index (χ3n) is 3.61. The molecule has 23 heavy (non-hydrogen) atoms. The van der Waals surface area contributed by atoms with E-state index < -0.39 is 16.0 Å². The number of fused-ring (bicyclic) bond motifs is 1. The van der Waals surface area contributed by atoms with E-state index in [1.54, 1.807) is 23.2 Å². The molecule has 0 radical (unpaired) electrons. The largest absolute Gasteiger partial charge is 0.423 e. The van der Waals surface area contributed by atoms with Gasteiger partial charge in [0.2, 0.25) is 0 Å². The molecule has 2 heterocycles. The third-order valence-corrected chi connectivity index (χ3v) is 4.76. The van der Waals surface area contributed by atoms with Crippen LogP contribution in [0.5, 0.6) is 5.75 Å². The number of carbonyl (C=O) groups is 1. The molecule has 3 rings (SSSR count). The second kappa shape index (κ2) is 5.66. The Labute approximate surface area is 134 Å². The van der Waals surface area contributed by atoms with Crippen molar-refractivity contribution in [2.24, 2.45) is 4.40 Å². The summed E-state index contributed by atoms with van der Waals surface area (Å²) in [5, 5.41) is 0. The Hall–Kier alpha value is -2.41. The van der Waals surface area contributed by atoms with E-state index in [0.29, 0.717) is 5.75 Å². The van der Waals surface area contributed by atoms with E-state index in [-0.39, 0.29) is 23.7 Å². The number of aryl methyl sites for hydroxylation is 2. The molecule has 6 nitrogen and oxygen atoms in total. The van der Waals surface area contributed by atoms with Crippen LogP contribution in [0.3, 0.4) is 0 Å². The van der Waals surface area contributed by atoms with Crippen LogP contribution in [0.25, 0.3) is 0 Å². The van der Waals surface area contributed by atoms with Crippen molar-refractivity contribution in [1.82, 2.24) is 4.90 Å². The van der Waals surface area contributed by atoms with Gasteiger partial charge in [-0.3, -0.25) is 0 Å². The molecule has 0 atom stereocenters. The lowest BCUT2D eigenvalue weighted by molar-refractivity contribution is -0.129. The zero-order chi connectivity index (χ0) is 16.6. The number of esters is 1. The van der Waals surface area contributed by atoms with Crippen molar-refractivity contribution < 1.29 is 17.9 Å². The first kappa shape index (κ1) is 15.5. The maximum Gasteiger partial charge on any atom is 0.347 e. The van der Waals surface area contributed by atoms with Gasteiger partial charge in [0, 0.05) is 12.7 Å². The fraction of sp³-hybridized carbons (Fsp3) is 0.250. The average Bonchev–Trinajstić information content (AvgIpc) is 2.48. The van der Waals surface area contributed by atoms with Crippen molar-refractivity contribution >= 4 is 21.8 Å². The van der Waals surface area contributed by atoms with Gasteiger partial charge in [0.25, 0.3) is 10.0 Å². The van der Waals surface area contributed by atoms with Crippen LogP contribution in [-0.2, 0) is 14.8 Å². The number of rotatable bonds is 2. The van der Waals surface area contributed by atoms with E-state index in [0.717, 1.165) is 11.1 Å². The molecule has 0 unspecified atom stereocenters. The Morgan fingerprint density at radius 3 is 2.83 bits per heavy atom. The van der Waals surface area contributed by atoms with Gasteiger partial charge in [0.15, 0.2) is 5.84 Å². The summed E-state index contributed by atoms with van der Waals surface area (Å²) < 4.78 is 32.5. The number of nitrogens with zero attached hydrogens (tertiary/aromatic N) is 2. The molecule has 0 aromatic heterocycles. The van der Waals surface area contributed by atoms with Gasteiger partial charge in [-0.1, -0.05) is 17.7 Å². The van der Waals surface area contributed by atoms with Crippen molar-refractivity contribution in [1.29, 1.82) is 0 Å². The maximum atomic E-state index is 12.4. The SMILES string of the molecule is Cc1ccc(OC(=O)C2=CC=CN3CCS(=O)(=O)N=C23)c(C)c1. The summed E-state index contributed by atoms with van der Waals surface area (Å²) in [5.41, 5.74) is 2.03. The molecule has 0 fully saturated rings. The number of hydrogen-bond donors (Lipinski definition) is 0. The molecule has 0 amide bonds. The van der Waals surface area contributed by atoms with Crippen molar-refractivity contribution in [2.75, 3.05) is 12.3 Å². The number of hydrogen-bond acceptors (Lipinski definition) is 5. The van der Waals surface area contributed by atoms with Gasteiger partial charge in [0.05, 0.1) is 5.75 Å². The summed E-state index contributed by atoms with van der Waals surface area (Å²) in [6.07, 6.45) is 4.89. The molecule has 0 N–H and O–H groups in total. The summed E-state index contributed by atoms with van der Waals surface area (Å²) in [7, 11) is -3.54. The first-order chi connectivity index (χ1) is 10.9. The number of ether oxygens (including phenoxy) is 1. The minimum atomic E-state index is -3.54. The number of amidine groups is 1. The van der Waals surface area contributed by atoms with E-state index >= 15 is 0 Å². The van der Waals surface area contributed by atoms with Gasteiger partial charge in [-0.25, -0.2) is 13.2 Å². The molecule has 7 heteroatoms. The second-order valence-electron chi connectivity index (χ2n) is 5.47. The molecule has 2 aliphatic heterocycles. The lowest BCUT2D eigenvalue weighted by Gasteiger charge is -2.28. The van der Waals surface area contributed by atoms with Crippen LogP contribution in [0.15, 0.2) is 46.5 Å². The van der Waals surface area contributed by atoms with Crippen LogP contribution < -0.4 is 4.74 Å². The smallest absolute Gasteiger partial charge is 0.347 e. The van der Waals surface area contributed by atoms with Crippen LogP contribution >= 0.6 is 0 Å². The molecule has 1 aromatic rings. The van der Waals surface area contributed by atoms with Crippen LogP contribution in [0.2, 0.25) is 0 Å². The highest BCUT2D eigenvalue weighted by molar-refractivity contribution is 7.90. The monoisotopic (exact) mass is 332 g/mol. The summed E-state index contributed by atoms with van der Waals surface area (Å²) >= 11 is 0. The van der Waals surface area contributed by atoms with Crippen LogP contribution in [-0.4, -0.2) is 37.4 Å². The van der Waals surface area contributed by atoms with Crippen LogP contribution in [0.4, 0.5) is 0 Å². The topological polar surface area (TPSA) is 76.0 Å². The quantitative estimate of drug-likeness (QED) is 0.609. The Bertz CT molecular complexity index is 866. The molecule has 0 spiro atoms. The minimum absolute atomic E-state index is 0.0692. The normalized spacial score (nSPS) is 18.8. The van der Waals surface area contributed by atoms with Gasteiger partial charge in [-0.2, -0.15) is 0 Å². The molecule has 2 aliphatic rings. The highest BCUT2D eigenvalue weighted by Crippen LogP contribution is 2.23. The van der Waals surface area contributed by atoms with E-state index in [2.05, 4.69) is 4.40 Å². The second-order valence-corrected chi connectivity index (χ2v) is 7.23. The fourth-order valence-corrected chi connectivity index (χ4v) is 3.43. The van der Waals surface area contributed by atoms with Gasteiger partial charge in [-0.15, -0.1) is 4.40 Å². The first-order valence-electron chi connectivity index (χ1n) is 7.13. The summed E-state index contributed by atoms with van der Waals surface area (Å²) in [6, 6.07) is 5.48. The Morgan fingerprint density at radius 2 is 2.09 bits per heavy atom. The minimum Gasteiger partial charge on any atom is -0.423 e. The zero-order valence-electron chi connectivity index (χ0n) is 12.8. The third kappa shape index (κ3) is 3.19. The van der Waals surface area contributed by atoms with Gasteiger partial charge in [0.1, 0.15) is 11.3 Å². The molecule has 0 saturated carbocycles. The van der Waals surface area contributed by atoms with E-state index in [1.165, 1.54) is 6.08 Å². The molecular formula is C16H16N2O4S. The highest BCUT2D eigenvalue weighted by Gasteiger charge is 2.31. The van der Waals surface area contributed by atoms with Gasteiger partial charge < -0.3 is 9.64 Å². The first-order valence-corrected chi connectivity index (χ1v) is 8.74. The predicted octanol–water partition coefficient (Wildman–Crippen LogP) is 1.71. The van der Waals surface area contributed by atoms with Crippen molar-refractivity contribution in [3.63, 3.8) is 0 Å². The standard InChI is InChI=1S/C16H16N2O4S/c1-11-5-6-14(12(2)10-11)22-16(19)13-4-3-7-18-8-9-23(20,21)17-15(13)18/h3-7,10H,8-9H2,1-2H3. The van der Waals surface area contributed by atoms with E-state index in [4.69, 9.17) is 4.74 Å². The molecular weight excluding hydrogens is 316 g/mol. The number of benzene rings is 1. The molecule has 0 bridgehead atoms. The molecule has 0 saturated heterocycles. The molecule has 1 aromatic carbocycles. The average molecular weight is 332 g/mol. The van der Waals surface area contributed by atoms with Crippen molar-refractivity contribution in [3.8, 4) is 5.75 Å². The maximum absolute atomic E-state index is 12.4. The van der Waals surface area contributed by atoms with Crippen molar-refractivity contribution in [2.45, 2.75) is 13.8 Å². The number of allylic oxidation sites excluding steroid dienone is 2. The summed E-state index contributed by atoms with van der Waals surface area (Å²) in [4.78, 5) is 14.1. The van der Waals surface area contributed by atoms with Crippen LogP contribution in [0, 0.1) is 13.8 Å². The summed E-state index contributed by atoms with van der Waals surface area (Å²) in [5.74, 6) is -0.127. The van der Waals surface area contributed by atoms with Gasteiger partial charge >= 0.3 is 5.97 Å². The Kier molecular flexibility index (Phi) is 3.81. The fourth-order valence-electron chi connectivity index (χ4n) is 2.44. The van der Waals surface area contributed by atoms with E-state index in [9.17, 15) is 13.2 Å². The Balaban J connectivity index is 1.91. The van der Waals surface area contributed by atoms with Crippen molar-refractivity contribution in [3.05, 3.63) is 53.3 Å². The lowest BCUT2D eigenvalue weighted by Crippen LogP contribution is -2.40. The van der Waals surface area contributed by atoms with Gasteiger partial charge in [-0.05, 0) is 37.6 Å². The Morgan fingerprint density at radius 1 is 1.30 bits per heavy atom.